The Labute approximate surface area is 115 Å². The van der Waals surface area contributed by atoms with E-state index in [4.69, 9.17) is 4.74 Å². The number of amides is 1. The number of ether oxygens (including phenoxy) is 1. The molecule has 3 heteroatoms. The van der Waals surface area contributed by atoms with Crippen LogP contribution >= 0.6 is 0 Å². The largest absolute Gasteiger partial charge is 0.491 e. The maximum absolute atomic E-state index is 11.5. The maximum Gasteiger partial charge on any atom is 0.220 e. The van der Waals surface area contributed by atoms with Crippen molar-refractivity contribution in [3.05, 3.63) is 29.8 Å². The normalized spacial score (nSPS) is 22.6. The summed E-state index contributed by atoms with van der Waals surface area (Å²) in [4.78, 5) is 11.5. The fourth-order valence-electron chi connectivity index (χ4n) is 2.65. The molecule has 0 aliphatic carbocycles. The molecule has 0 aromatic heterocycles. The van der Waals surface area contributed by atoms with Crippen LogP contribution in [0.25, 0.3) is 0 Å². The molecule has 2 rings (SSSR count). The van der Waals surface area contributed by atoms with Crippen molar-refractivity contribution in [2.45, 2.75) is 58.1 Å². The molecule has 1 heterocycles. The Hall–Kier alpha value is -1.51. The van der Waals surface area contributed by atoms with Gasteiger partial charge in [-0.2, -0.15) is 0 Å². The minimum absolute atomic E-state index is 0.0441. The van der Waals surface area contributed by atoms with Crippen LogP contribution in [0, 0.1) is 0 Å². The lowest BCUT2D eigenvalue weighted by Crippen LogP contribution is -2.42. The molecule has 1 aromatic rings. The van der Waals surface area contributed by atoms with E-state index in [-0.39, 0.29) is 17.6 Å². The predicted octanol–water partition coefficient (Wildman–Crippen LogP) is 3.08. The molecule has 1 unspecified atom stereocenters. The minimum atomic E-state index is -0.0441. The van der Waals surface area contributed by atoms with E-state index in [9.17, 15) is 4.79 Å². The highest BCUT2D eigenvalue weighted by molar-refractivity contribution is 5.79. The van der Waals surface area contributed by atoms with E-state index < -0.39 is 0 Å². The quantitative estimate of drug-likeness (QED) is 0.884. The van der Waals surface area contributed by atoms with E-state index in [0.717, 1.165) is 25.0 Å². The van der Waals surface area contributed by atoms with Crippen molar-refractivity contribution < 1.29 is 9.53 Å². The Bertz CT molecular complexity index is 439. The van der Waals surface area contributed by atoms with E-state index in [1.807, 2.05) is 26.0 Å². The maximum atomic E-state index is 11.5. The molecule has 0 radical (unpaired) electrons. The number of carbonyl (C=O) groups is 1. The average molecular weight is 261 g/mol. The van der Waals surface area contributed by atoms with Gasteiger partial charge in [-0.15, -0.1) is 0 Å². The summed E-state index contributed by atoms with van der Waals surface area (Å²) >= 11 is 0. The van der Waals surface area contributed by atoms with Gasteiger partial charge in [0, 0.05) is 12.0 Å². The summed E-state index contributed by atoms with van der Waals surface area (Å²) in [5.74, 6) is 1.08. The van der Waals surface area contributed by atoms with E-state index in [0.29, 0.717) is 6.42 Å². The highest BCUT2D eigenvalue weighted by Gasteiger charge is 2.35. The predicted molar refractivity (Wildman–Crippen MR) is 76.3 cm³/mol. The number of hydrogen-bond donors (Lipinski definition) is 1. The van der Waals surface area contributed by atoms with Crippen molar-refractivity contribution in [3.8, 4) is 5.75 Å². The Balaban J connectivity index is 2.04. The summed E-state index contributed by atoms with van der Waals surface area (Å²) in [6, 6.07) is 8.21. The zero-order valence-corrected chi connectivity index (χ0v) is 12.0. The van der Waals surface area contributed by atoms with Crippen molar-refractivity contribution in [2.24, 2.45) is 0 Å². The molecule has 1 fully saturated rings. The first-order chi connectivity index (χ1) is 9.03. The van der Waals surface area contributed by atoms with Crippen molar-refractivity contribution in [3.63, 3.8) is 0 Å². The second-order valence-corrected chi connectivity index (χ2v) is 5.67. The highest BCUT2D eigenvalue weighted by Crippen LogP contribution is 2.28. The molecular formula is C16H23NO2. The first-order valence-corrected chi connectivity index (χ1v) is 7.09. The molecule has 1 aliphatic heterocycles. The third-order valence-corrected chi connectivity index (χ3v) is 3.75. The van der Waals surface area contributed by atoms with Crippen molar-refractivity contribution in [1.29, 1.82) is 0 Å². The summed E-state index contributed by atoms with van der Waals surface area (Å²) in [5, 5.41) is 3.14. The number of benzene rings is 1. The molecule has 1 aromatic carbocycles. The summed E-state index contributed by atoms with van der Waals surface area (Å²) < 4.78 is 5.64. The third kappa shape index (κ3) is 3.49. The molecule has 1 N–H and O–H groups in total. The van der Waals surface area contributed by atoms with E-state index in [2.05, 4.69) is 24.4 Å². The lowest BCUT2D eigenvalue weighted by Gasteiger charge is -2.28. The van der Waals surface area contributed by atoms with Crippen LogP contribution in [0.4, 0.5) is 0 Å². The number of nitrogens with one attached hydrogen (secondary N) is 1. The van der Waals surface area contributed by atoms with E-state index in [1.165, 1.54) is 5.56 Å². The third-order valence-electron chi connectivity index (χ3n) is 3.75. The molecule has 0 bridgehead atoms. The Kier molecular flexibility index (Phi) is 4.13. The smallest absolute Gasteiger partial charge is 0.220 e. The first-order valence-electron chi connectivity index (χ1n) is 7.09. The van der Waals surface area contributed by atoms with Crippen LogP contribution < -0.4 is 10.1 Å². The summed E-state index contributed by atoms with van der Waals surface area (Å²) in [5.41, 5.74) is 1.21. The van der Waals surface area contributed by atoms with Gasteiger partial charge in [0.15, 0.2) is 0 Å². The van der Waals surface area contributed by atoms with Crippen molar-refractivity contribution in [2.75, 3.05) is 0 Å². The zero-order chi connectivity index (χ0) is 13.9. The van der Waals surface area contributed by atoms with Gasteiger partial charge in [0.2, 0.25) is 5.91 Å². The highest BCUT2D eigenvalue weighted by atomic mass is 16.5. The molecule has 1 aliphatic rings. The van der Waals surface area contributed by atoms with Crippen LogP contribution in [0.5, 0.6) is 5.75 Å². The fourth-order valence-corrected chi connectivity index (χ4v) is 2.65. The van der Waals surface area contributed by atoms with Crippen molar-refractivity contribution >= 4 is 5.91 Å². The lowest BCUT2D eigenvalue weighted by molar-refractivity contribution is -0.119. The second-order valence-electron chi connectivity index (χ2n) is 5.67. The number of carbonyl (C=O) groups excluding carboxylic acids is 1. The van der Waals surface area contributed by atoms with Gasteiger partial charge in [-0.1, -0.05) is 19.1 Å². The molecule has 3 nitrogen and oxygen atoms in total. The molecule has 1 atom stereocenters. The molecule has 0 spiro atoms. The zero-order valence-electron chi connectivity index (χ0n) is 12.0. The van der Waals surface area contributed by atoms with Gasteiger partial charge >= 0.3 is 0 Å². The fraction of sp³-hybridized carbons (Fsp3) is 0.562. The number of hydrogen-bond acceptors (Lipinski definition) is 2. The van der Waals surface area contributed by atoms with Crippen LogP contribution in [-0.4, -0.2) is 17.6 Å². The van der Waals surface area contributed by atoms with E-state index >= 15 is 0 Å². The average Bonchev–Trinajstić information content (AvgIpc) is 2.73. The van der Waals surface area contributed by atoms with Crippen molar-refractivity contribution in [1.82, 2.24) is 5.32 Å². The SMILES string of the molecule is CCC1(Cc2ccc(OC(C)C)cc2)CCC(=O)N1. The molecule has 0 saturated carbocycles. The summed E-state index contributed by atoms with van der Waals surface area (Å²) in [6.45, 7) is 6.18. The van der Waals surface area contributed by atoms with Crippen LogP contribution in [0.2, 0.25) is 0 Å². The molecule has 1 saturated heterocycles. The Morgan fingerprint density at radius 3 is 2.47 bits per heavy atom. The monoisotopic (exact) mass is 261 g/mol. The lowest BCUT2D eigenvalue weighted by atomic mass is 9.87. The van der Waals surface area contributed by atoms with Gasteiger partial charge in [-0.3, -0.25) is 4.79 Å². The summed E-state index contributed by atoms with van der Waals surface area (Å²) in [7, 11) is 0. The van der Waals surface area contributed by atoms with Crippen LogP contribution in [0.15, 0.2) is 24.3 Å². The molecular weight excluding hydrogens is 238 g/mol. The first kappa shape index (κ1) is 13.9. The van der Waals surface area contributed by atoms with Gasteiger partial charge in [0.25, 0.3) is 0 Å². The van der Waals surface area contributed by atoms with E-state index in [1.54, 1.807) is 0 Å². The van der Waals surface area contributed by atoms with Crippen LogP contribution in [0.3, 0.4) is 0 Å². The van der Waals surface area contributed by atoms with Gasteiger partial charge in [0.1, 0.15) is 5.75 Å². The minimum Gasteiger partial charge on any atom is -0.491 e. The molecule has 104 valence electrons. The summed E-state index contributed by atoms with van der Waals surface area (Å²) in [6.07, 6.45) is 3.66. The standard InChI is InChI=1S/C16H23NO2/c1-4-16(10-9-15(18)17-16)11-13-5-7-14(8-6-13)19-12(2)3/h5-8,12H,4,9-11H2,1-3H3,(H,17,18). The number of rotatable bonds is 5. The second kappa shape index (κ2) is 5.64. The topological polar surface area (TPSA) is 38.3 Å². The van der Waals surface area contributed by atoms with Gasteiger partial charge in [0.05, 0.1) is 6.10 Å². The van der Waals surface area contributed by atoms with Gasteiger partial charge < -0.3 is 10.1 Å². The van der Waals surface area contributed by atoms with Crippen LogP contribution in [-0.2, 0) is 11.2 Å². The Morgan fingerprint density at radius 1 is 1.32 bits per heavy atom. The van der Waals surface area contributed by atoms with Crippen LogP contribution in [0.1, 0.15) is 45.6 Å². The Morgan fingerprint density at radius 2 is 2.00 bits per heavy atom. The van der Waals surface area contributed by atoms with Gasteiger partial charge in [-0.05, 0) is 50.8 Å². The molecule has 19 heavy (non-hydrogen) atoms. The van der Waals surface area contributed by atoms with Gasteiger partial charge in [-0.25, -0.2) is 0 Å². The molecule has 1 amide bonds.